The third kappa shape index (κ3) is 4.54. The molecule has 1 aliphatic heterocycles. The van der Waals surface area contributed by atoms with Crippen LogP contribution in [0.5, 0.6) is 0 Å². The number of rotatable bonds is 6. The number of hydrogen-bond donors (Lipinski definition) is 0. The van der Waals surface area contributed by atoms with Gasteiger partial charge in [-0.05, 0) is 92.2 Å². The SMILES string of the molecule is CCC1(C)c2ccccc2-c2n(-c3c(C4CCCCC4)cc(-c4ccccc4)cc3C3CCCCC3)cc[n+]2C1(C)CC. The van der Waals surface area contributed by atoms with Crippen molar-refractivity contribution in [3.05, 3.63) is 95.8 Å². The van der Waals surface area contributed by atoms with Gasteiger partial charge >= 0.3 is 0 Å². The summed E-state index contributed by atoms with van der Waals surface area (Å²) < 4.78 is 5.35. The summed E-state index contributed by atoms with van der Waals surface area (Å²) in [6.07, 6.45) is 20.5. The molecule has 0 saturated heterocycles. The largest absolute Gasteiger partial charge is 0.294 e. The van der Waals surface area contributed by atoms with Gasteiger partial charge in [-0.2, -0.15) is 4.57 Å². The van der Waals surface area contributed by atoms with Crippen LogP contribution in [0.4, 0.5) is 0 Å². The number of nitrogens with zero attached hydrogens (tertiary/aromatic N) is 2. The zero-order valence-corrected chi connectivity index (χ0v) is 27.0. The summed E-state index contributed by atoms with van der Waals surface area (Å²) >= 11 is 0. The second-order valence-corrected chi connectivity index (χ2v) is 14.3. The quantitative estimate of drug-likeness (QED) is 0.204. The summed E-state index contributed by atoms with van der Waals surface area (Å²) in [6, 6.07) is 25.7. The summed E-state index contributed by atoms with van der Waals surface area (Å²) in [5, 5.41) is 0. The molecule has 0 N–H and O–H groups in total. The maximum atomic E-state index is 2.68. The molecule has 2 unspecified atom stereocenters. The third-order valence-electron chi connectivity index (χ3n) is 12.3. The van der Waals surface area contributed by atoms with Gasteiger partial charge in [0, 0.05) is 16.5 Å². The van der Waals surface area contributed by atoms with Crippen molar-refractivity contribution < 1.29 is 4.57 Å². The number of aromatic nitrogens is 2. The van der Waals surface area contributed by atoms with Crippen LogP contribution in [0.15, 0.2) is 79.1 Å². The molecule has 2 nitrogen and oxygen atoms in total. The number of hydrogen-bond acceptors (Lipinski definition) is 0. The first kappa shape index (κ1) is 28.6. The molecule has 2 heterocycles. The van der Waals surface area contributed by atoms with Crippen LogP contribution in [0.25, 0.3) is 28.2 Å². The lowest BCUT2D eigenvalue weighted by atomic mass is 9.61. The van der Waals surface area contributed by atoms with Crippen LogP contribution in [0.1, 0.15) is 133 Å². The van der Waals surface area contributed by atoms with E-state index < -0.39 is 0 Å². The molecule has 2 heteroatoms. The summed E-state index contributed by atoms with van der Waals surface area (Å²) in [5.74, 6) is 2.62. The predicted molar refractivity (Wildman–Crippen MR) is 180 cm³/mol. The Morgan fingerprint density at radius 1 is 0.698 bits per heavy atom. The molecule has 2 fully saturated rings. The molecule has 0 amide bonds. The second kappa shape index (κ2) is 11.4. The Labute approximate surface area is 260 Å². The molecule has 0 radical (unpaired) electrons. The first-order valence-corrected chi connectivity index (χ1v) is 17.5. The molecule has 1 aromatic heterocycles. The van der Waals surface area contributed by atoms with Gasteiger partial charge in [0.05, 0.1) is 5.56 Å². The fourth-order valence-corrected chi connectivity index (χ4v) is 9.28. The highest BCUT2D eigenvalue weighted by Gasteiger charge is 2.55. The van der Waals surface area contributed by atoms with Crippen molar-refractivity contribution in [1.29, 1.82) is 0 Å². The van der Waals surface area contributed by atoms with Crippen molar-refractivity contribution in [1.82, 2.24) is 4.57 Å². The van der Waals surface area contributed by atoms with Crippen LogP contribution in [-0.2, 0) is 11.0 Å². The molecule has 2 aliphatic carbocycles. The lowest BCUT2D eigenvalue weighted by Crippen LogP contribution is -2.67. The molecule has 0 bridgehead atoms. The number of imidazole rings is 1. The van der Waals surface area contributed by atoms with E-state index in [1.165, 1.54) is 98.0 Å². The fraction of sp³-hybridized carbons (Fsp3) is 0.488. The molecule has 2 saturated carbocycles. The van der Waals surface area contributed by atoms with Gasteiger partial charge in [0.25, 0.3) is 5.82 Å². The van der Waals surface area contributed by atoms with Gasteiger partial charge in [-0.15, -0.1) is 0 Å². The Balaban J connectivity index is 1.54. The summed E-state index contributed by atoms with van der Waals surface area (Å²) in [5.41, 5.74) is 10.5. The van der Waals surface area contributed by atoms with Crippen LogP contribution in [0.3, 0.4) is 0 Å². The molecule has 7 rings (SSSR count). The average Bonchev–Trinajstić information content (AvgIpc) is 3.53. The van der Waals surface area contributed by atoms with Gasteiger partial charge in [-0.1, -0.05) is 108 Å². The monoisotopic (exact) mass is 571 g/mol. The highest BCUT2D eigenvalue weighted by Crippen LogP contribution is 2.51. The van der Waals surface area contributed by atoms with E-state index in [-0.39, 0.29) is 11.0 Å². The lowest BCUT2D eigenvalue weighted by molar-refractivity contribution is -0.764. The minimum Gasteiger partial charge on any atom is -0.224 e. The zero-order valence-electron chi connectivity index (χ0n) is 27.0. The van der Waals surface area contributed by atoms with Crippen LogP contribution >= 0.6 is 0 Å². The molecule has 0 spiro atoms. The molecule has 3 aliphatic rings. The second-order valence-electron chi connectivity index (χ2n) is 14.3. The van der Waals surface area contributed by atoms with E-state index in [4.69, 9.17) is 0 Å². The maximum Gasteiger partial charge on any atom is 0.294 e. The molecule has 4 aromatic rings. The Hall–Kier alpha value is -3.13. The van der Waals surface area contributed by atoms with Gasteiger partial charge in [0.2, 0.25) is 0 Å². The van der Waals surface area contributed by atoms with Crippen molar-refractivity contribution in [2.24, 2.45) is 0 Å². The lowest BCUT2D eigenvalue weighted by Gasteiger charge is -2.47. The summed E-state index contributed by atoms with van der Waals surface area (Å²) in [7, 11) is 0. The van der Waals surface area contributed by atoms with Crippen LogP contribution in [0.2, 0.25) is 0 Å². The van der Waals surface area contributed by atoms with E-state index in [0.29, 0.717) is 11.8 Å². The fourth-order valence-electron chi connectivity index (χ4n) is 9.28. The third-order valence-corrected chi connectivity index (χ3v) is 12.3. The Morgan fingerprint density at radius 2 is 1.28 bits per heavy atom. The van der Waals surface area contributed by atoms with Gasteiger partial charge in [0.1, 0.15) is 23.6 Å². The summed E-state index contributed by atoms with van der Waals surface area (Å²) in [4.78, 5) is 0. The summed E-state index contributed by atoms with van der Waals surface area (Å²) in [6.45, 7) is 9.81. The molecular weight excluding hydrogens is 520 g/mol. The van der Waals surface area contributed by atoms with Crippen molar-refractivity contribution in [2.75, 3.05) is 0 Å². The highest BCUT2D eigenvalue weighted by atomic mass is 15.2. The number of benzene rings is 3. The molecular formula is C41H51N2+. The van der Waals surface area contributed by atoms with Crippen molar-refractivity contribution in [3.8, 4) is 28.2 Å². The van der Waals surface area contributed by atoms with Gasteiger partial charge in [-0.25, -0.2) is 4.57 Å². The van der Waals surface area contributed by atoms with Crippen LogP contribution in [-0.4, -0.2) is 4.57 Å². The Morgan fingerprint density at radius 3 is 1.86 bits per heavy atom. The van der Waals surface area contributed by atoms with Crippen LogP contribution < -0.4 is 4.57 Å². The van der Waals surface area contributed by atoms with E-state index >= 15 is 0 Å². The average molecular weight is 572 g/mol. The van der Waals surface area contributed by atoms with Crippen molar-refractivity contribution in [2.45, 2.75) is 128 Å². The van der Waals surface area contributed by atoms with E-state index in [0.717, 1.165) is 12.8 Å². The highest BCUT2D eigenvalue weighted by molar-refractivity contribution is 5.72. The minimum atomic E-state index is -0.00330. The molecule has 3 aromatic carbocycles. The van der Waals surface area contributed by atoms with Crippen molar-refractivity contribution >= 4 is 0 Å². The van der Waals surface area contributed by atoms with E-state index in [1.54, 1.807) is 11.1 Å². The Kier molecular flexibility index (Phi) is 7.60. The normalized spacial score (nSPS) is 24.5. The van der Waals surface area contributed by atoms with Crippen molar-refractivity contribution in [3.63, 3.8) is 0 Å². The topological polar surface area (TPSA) is 8.81 Å². The van der Waals surface area contributed by atoms with Crippen LogP contribution in [0, 0.1) is 0 Å². The smallest absolute Gasteiger partial charge is 0.224 e. The Bertz CT molecular complexity index is 1540. The predicted octanol–water partition coefficient (Wildman–Crippen LogP) is 11.0. The minimum absolute atomic E-state index is 0.00330. The molecule has 43 heavy (non-hydrogen) atoms. The first-order valence-electron chi connectivity index (χ1n) is 17.5. The van der Waals surface area contributed by atoms with Gasteiger partial charge < -0.3 is 0 Å². The van der Waals surface area contributed by atoms with E-state index in [2.05, 4.69) is 116 Å². The van der Waals surface area contributed by atoms with E-state index in [1.807, 2.05) is 0 Å². The molecule has 2 atom stereocenters. The van der Waals surface area contributed by atoms with Gasteiger partial charge in [0.15, 0.2) is 0 Å². The van der Waals surface area contributed by atoms with E-state index in [9.17, 15) is 0 Å². The standard InChI is InChI=1S/C41H51N2/c1-5-40(3)37-25-17-16-24-34(37)39-42(26-27-43(39)41(40,4)6-2)38-35(31-20-12-8-13-21-31)28-33(30-18-10-7-11-19-30)29-36(38)32-22-14-9-15-23-32/h7,10-11,16-19,24-29,31-32H,5-6,8-9,12-15,20-23H2,1-4H3/q+1. The first-order chi connectivity index (χ1) is 21.0. The zero-order chi connectivity index (χ0) is 29.6. The van der Waals surface area contributed by atoms with Gasteiger partial charge in [-0.3, -0.25) is 0 Å². The number of fused-ring (bicyclic) bond motifs is 3. The maximum absolute atomic E-state index is 2.68. The molecule has 224 valence electrons.